The monoisotopic (exact) mass is 293 g/mol. The van der Waals surface area contributed by atoms with E-state index < -0.39 is 0 Å². The third-order valence-corrected chi connectivity index (χ3v) is 4.58. The Morgan fingerprint density at radius 3 is 2.81 bits per heavy atom. The Morgan fingerprint density at radius 2 is 2.19 bits per heavy atom. The average Bonchev–Trinajstić information content (AvgIpc) is 2.90. The number of hydrogen-bond donors (Lipinski definition) is 1. The third kappa shape index (κ3) is 5.15. The Labute approximate surface area is 129 Å². The molecule has 1 fully saturated rings. The van der Waals surface area contributed by atoms with Gasteiger partial charge in [-0.2, -0.15) is 0 Å². The standard InChI is InChI=1S/C18H31NO2/c1-14(2)16(17-6-5-10-20-17)7-9-19-13-15-8-11-21-18(3,4)12-15/h5-6,10,14-16,19H,7-9,11-13H2,1-4H3/t15-,16-/m1/s1. The summed E-state index contributed by atoms with van der Waals surface area (Å²) in [6, 6.07) is 4.09. The quantitative estimate of drug-likeness (QED) is 0.765. The van der Waals surface area contributed by atoms with E-state index in [4.69, 9.17) is 9.15 Å². The summed E-state index contributed by atoms with van der Waals surface area (Å²) in [5, 5.41) is 3.64. The van der Waals surface area contributed by atoms with Crippen LogP contribution in [0.2, 0.25) is 0 Å². The van der Waals surface area contributed by atoms with Crippen molar-refractivity contribution in [3.05, 3.63) is 24.2 Å². The summed E-state index contributed by atoms with van der Waals surface area (Å²) in [4.78, 5) is 0. The Bertz CT molecular complexity index is 397. The molecular weight excluding hydrogens is 262 g/mol. The molecule has 0 radical (unpaired) electrons. The van der Waals surface area contributed by atoms with E-state index in [1.807, 2.05) is 6.07 Å². The first-order valence-corrected chi connectivity index (χ1v) is 8.36. The fraction of sp³-hybridized carbons (Fsp3) is 0.778. The molecule has 2 atom stereocenters. The van der Waals surface area contributed by atoms with Gasteiger partial charge in [0.05, 0.1) is 11.9 Å². The lowest BCUT2D eigenvalue weighted by molar-refractivity contribution is -0.0718. The molecular formula is C18H31NO2. The van der Waals surface area contributed by atoms with E-state index in [1.165, 1.54) is 6.42 Å². The average molecular weight is 293 g/mol. The third-order valence-electron chi connectivity index (χ3n) is 4.58. The lowest BCUT2D eigenvalue weighted by atomic mass is 9.88. The molecule has 0 saturated carbocycles. The summed E-state index contributed by atoms with van der Waals surface area (Å²) in [5.41, 5.74) is 0.0548. The normalized spacial score (nSPS) is 23.4. The van der Waals surface area contributed by atoms with Crippen molar-refractivity contribution >= 4 is 0 Å². The summed E-state index contributed by atoms with van der Waals surface area (Å²) in [6.45, 7) is 12.0. The molecule has 1 N–H and O–H groups in total. The Balaban J connectivity index is 1.71. The largest absolute Gasteiger partial charge is 0.469 e. The van der Waals surface area contributed by atoms with Crippen LogP contribution in [0.5, 0.6) is 0 Å². The molecule has 0 spiro atoms. The van der Waals surface area contributed by atoms with Gasteiger partial charge >= 0.3 is 0 Å². The van der Waals surface area contributed by atoms with Gasteiger partial charge in [-0.05, 0) is 70.2 Å². The Kier molecular flexibility index (Phi) is 5.88. The van der Waals surface area contributed by atoms with Crippen molar-refractivity contribution in [3.8, 4) is 0 Å². The Morgan fingerprint density at radius 1 is 1.38 bits per heavy atom. The molecule has 1 aromatic heterocycles. The zero-order valence-electron chi connectivity index (χ0n) is 14.0. The number of rotatable bonds is 7. The predicted octanol–water partition coefficient (Wildman–Crippen LogP) is 4.20. The molecule has 0 aliphatic carbocycles. The highest BCUT2D eigenvalue weighted by Gasteiger charge is 2.28. The highest BCUT2D eigenvalue weighted by atomic mass is 16.5. The second kappa shape index (κ2) is 7.46. The van der Waals surface area contributed by atoms with E-state index in [2.05, 4.69) is 39.1 Å². The van der Waals surface area contributed by atoms with Gasteiger partial charge in [0.2, 0.25) is 0 Å². The van der Waals surface area contributed by atoms with Crippen LogP contribution < -0.4 is 5.32 Å². The Hall–Kier alpha value is -0.800. The first-order chi connectivity index (χ1) is 9.98. The van der Waals surface area contributed by atoms with Gasteiger partial charge in [0, 0.05) is 12.5 Å². The summed E-state index contributed by atoms with van der Waals surface area (Å²) < 4.78 is 11.4. The van der Waals surface area contributed by atoms with Gasteiger partial charge in [-0.3, -0.25) is 0 Å². The number of furan rings is 1. The van der Waals surface area contributed by atoms with Crippen molar-refractivity contribution in [3.63, 3.8) is 0 Å². The maximum atomic E-state index is 5.78. The van der Waals surface area contributed by atoms with Crippen molar-refractivity contribution in [2.75, 3.05) is 19.7 Å². The molecule has 3 nitrogen and oxygen atoms in total. The lowest BCUT2D eigenvalue weighted by Crippen LogP contribution is -2.38. The van der Waals surface area contributed by atoms with Crippen LogP contribution in [-0.4, -0.2) is 25.3 Å². The highest BCUT2D eigenvalue weighted by Crippen LogP contribution is 2.29. The van der Waals surface area contributed by atoms with E-state index in [0.29, 0.717) is 11.8 Å². The molecule has 1 aromatic rings. The first kappa shape index (κ1) is 16.6. The molecule has 1 aliphatic heterocycles. The van der Waals surface area contributed by atoms with Crippen LogP contribution in [0, 0.1) is 11.8 Å². The van der Waals surface area contributed by atoms with Crippen LogP contribution in [0.15, 0.2) is 22.8 Å². The summed E-state index contributed by atoms with van der Waals surface area (Å²) in [7, 11) is 0. The molecule has 21 heavy (non-hydrogen) atoms. The topological polar surface area (TPSA) is 34.4 Å². The van der Waals surface area contributed by atoms with E-state index >= 15 is 0 Å². The van der Waals surface area contributed by atoms with Crippen molar-refractivity contribution in [1.29, 1.82) is 0 Å². The van der Waals surface area contributed by atoms with Crippen LogP contribution in [0.25, 0.3) is 0 Å². The zero-order chi connectivity index (χ0) is 15.3. The summed E-state index contributed by atoms with van der Waals surface area (Å²) in [6.07, 6.45) is 5.26. The van der Waals surface area contributed by atoms with Gasteiger partial charge in [0.1, 0.15) is 5.76 Å². The SMILES string of the molecule is CC(C)[C@@H](CCNC[C@@H]1CCOC(C)(C)C1)c1ccco1. The van der Waals surface area contributed by atoms with Gasteiger partial charge in [-0.15, -0.1) is 0 Å². The van der Waals surface area contributed by atoms with Gasteiger partial charge in [-0.1, -0.05) is 13.8 Å². The molecule has 1 aliphatic rings. The van der Waals surface area contributed by atoms with Crippen molar-refractivity contribution in [1.82, 2.24) is 5.32 Å². The van der Waals surface area contributed by atoms with Crippen LogP contribution in [0.1, 0.15) is 58.6 Å². The number of nitrogens with one attached hydrogen (secondary N) is 1. The predicted molar refractivity (Wildman–Crippen MR) is 86.5 cm³/mol. The molecule has 1 saturated heterocycles. The smallest absolute Gasteiger partial charge is 0.107 e. The van der Waals surface area contributed by atoms with Crippen molar-refractivity contribution < 1.29 is 9.15 Å². The fourth-order valence-electron chi connectivity index (χ4n) is 3.40. The van der Waals surface area contributed by atoms with E-state index in [9.17, 15) is 0 Å². The molecule has 2 heterocycles. The molecule has 0 unspecified atom stereocenters. The summed E-state index contributed by atoms with van der Waals surface area (Å²) >= 11 is 0. The molecule has 0 aromatic carbocycles. The zero-order valence-corrected chi connectivity index (χ0v) is 14.0. The molecule has 3 heteroatoms. The van der Waals surface area contributed by atoms with E-state index in [-0.39, 0.29) is 5.60 Å². The second-order valence-corrected chi connectivity index (χ2v) is 7.33. The van der Waals surface area contributed by atoms with E-state index in [1.54, 1.807) is 6.26 Å². The van der Waals surface area contributed by atoms with E-state index in [0.717, 1.165) is 44.2 Å². The van der Waals surface area contributed by atoms with Crippen molar-refractivity contribution in [2.24, 2.45) is 11.8 Å². The van der Waals surface area contributed by atoms with Crippen molar-refractivity contribution in [2.45, 2.75) is 58.5 Å². The fourth-order valence-corrected chi connectivity index (χ4v) is 3.40. The minimum atomic E-state index is 0.0548. The van der Waals surface area contributed by atoms with Crippen LogP contribution in [0.3, 0.4) is 0 Å². The number of hydrogen-bond acceptors (Lipinski definition) is 3. The maximum Gasteiger partial charge on any atom is 0.107 e. The minimum Gasteiger partial charge on any atom is -0.469 e. The first-order valence-electron chi connectivity index (χ1n) is 8.36. The van der Waals surface area contributed by atoms with Crippen LogP contribution in [0.4, 0.5) is 0 Å². The highest BCUT2D eigenvalue weighted by molar-refractivity contribution is 5.06. The van der Waals surface area contributed by atoms with Gasteiger partial charge in [0.25, 0.3) is 0 Å². The van der Waals surface area contributed by atoms with Gasteiger partial charge in [-0.25, -0.2) is 0 Å². The molecule has 0 bridgehead atoms. The molecule has 120 valence electrons. The van der Waals surface area contributed by atoms with Gasteiger partial charge < -0.3 is 14.5 Å². The minimum absolute atomic E-state index is 0.0548. The summed E-state index contributed by atoms with van der Waals surface area (Å²) in [5.74, 6) is 2.99. The second-order valence-electron chi connectivity index (χ2n) is 7.33. The lowest BCUT2D eigenvalue weighted by Gasteiger charge is -2.35. The molecule has 2 rings (SSSR count). The number of ether oxygens (including phenoxy) is 1. The van der Waals surface area contributed by atoms with Gasteiger partial charge in [0.15, 0.2) is 0 Å². The van der Waals surface area contributed by atoms with Crippen LogP contribution in [-0.2, 0) is 4.74 Å². The molecule has 0 amide bonds. The maximum absolute atomic E-state index is 5.78. The van der Waals surface area contributed by atoms with Crippen LogP contribution >= 0.6 is 0 Å².